The van der Waals surface area contributed by atoms with Crippen molar-refractivity contribution in [1.29, 1.82) is 0 Å². The molecule has 0 saturated carbocycles. The maximum absolute atomic E-state index is 10.5. The van der Waals surface area contributed by atoms with Crippen molar-refractivity contribution in [3.8, 4) is 0 Å². The van der Waals surface area contributed by atoms with Gasteiger partial charge in [0, 0.05) is 0 Å². The van der Waals surface area contributed by atoms with Crippen molar-refractivity contribution in [2.45, 2.75) is 0 Å². The maximum Gasteiger partial charge on any atom is 0.327 e. The third-order valence-corrected chi connectivity index (χ3v) is 0.873. The Labute approximate surface area is 61.2 Å². The average molecular weight is 155 g/mol. The summed E-state index contributed by atoms with van der Waals surface area (Å²) in [6.45, 7) is 0. The molecule has 7 nitrogen and oxygen atoms in total. The predicted octanol–water partition coefficient (Wildman–Crippen LogP) is -2.17. The Morgan fingerprint density at radius 2 is 1.91 bits per heavy atom. The van der Waals surface area contributed by atoms with Gasteiger partial charge in [0.05, 0.1) is 0 Å². The topological polar surface area (TPSA) is 103 Å². The van der Waals surface area contributed by atoms with Crippen LogP contribution < -0.4 is 11.2 Å². The molecule has 0 spiro atoms. The first-order valence-corrected chi connectivity index (χ1v) is 2.65. The Balaban J connectivity index is 2.57. The molecule has 1 aromatic rings. The first-order chi connectivity index (χ1) is 5.20. The molecule has 0 bridgehead atoms. The SMILES string of the molecule is NC(=O)C(=O)Nn1cnnc1. The van der Waals surface area contributed by atoms with Gasteiger partial charge in [0.2, 0.25) is 0 Å². The number of nitrogens with two attached hydrogens (primary N) is 1. The van der Waals surface area contributed by atoms with E-state index in [0.29, 0.717) is 0 Å². The second-order valence-corrected chi connectivity index (χ2v) is 1.67. The summed E-state index contributed by atoms with van der Waals surface area (Å²) >= 11 is 0. The Morgan fingerprint density at radius 3 is 2.36 bits per heavy atom. The van der Waals surface area contributed by atoms with Gasteiger partial charge in [-0.2, -0.15) is 0 Å². The molecule has 0 aliphatic rings. The average Bonchev–Trinajstić information content (AvgIpc) is 2.39. The minimum absolute atomic E-state index is 0.912. The molecule has 58 valence electrons. The molecule has 0 unspecified atom stereocenters. The van der Waals surface area contributed by atoms with Crippen LogP contribution in [0.4, 0.5) is 0 Å². The molecule has 0 aliphatic carbocycles. The minimum Gasteiger partial charge on any atom is -0.361 e. The summed E-state index contributed by atoms with van der Waals surface area (Å²) in [6.07, 6.45) is 2.45. The molecule has 0 radical (unpaired) electrons. The van der Waals surface area contributed by atoms with Crippen LogP contribution in [0.2, 0.25) is 0 Å². The van der Waals surface area contributed by atoms with E-state index in [0.717, 1.165) is 4.68 Å². The van der Waals surface area contributed by atoms with Crippen molar-refractivity contribution in [2.24, 2.45) is 5.73 Å². The number of aromatic nitrogens is 3. The van der Waals surface area contributed by atoms with E-state index in [-0.39, 0.29) is 0 Å². The number of nitrogens with zero attached hydrogens (tertiary/aromatic N) is 3. The van der Waals surface area contributed by atoms with Crippen LogP contribution >= 0.6 is 0 Å². The van der Waals surface area contributed by atoms with Crippen LogP contribution in [-0.4, -0.2) is 26.7 Å². The van der Waals surface area contributed by atoms with Gasteiger partial charge in [-0.25, -0.2) is 4.68 Å². The highest BCUT2D eigenvalue weighted by Crippen LogP contribution is 1.74. The summed E-state index contributed by atoms with van der Waals surface area (Å²) in [5, 5.41) is 6.76. The summed E-state index contributed by atoms with van der Waals surface area (Å²) in [5.74, 6) is -1.97. The van der Waals surface area contributed by atoms with Crippen LogP contribution in [0, 0.1) is 0 Å². The number of amides is 2. The fraction of sp³-hybridized carbons (Fsp3) is 0. The van der Waals surface area contributed by atoms with Gasteiger partial charge in [0.15, 0.2) is 0 Å². The summed E-state index contributed by atoms with van der Waals surface area (Å²) in [7, 11) is 0. The molecule has 3 N–H and O–H groups in total. The summed E-state index contributed by atoms with van der Waals surface area (Å²) in [4.78, 5) is 20.7. The highest BCUT2D eigenvalue weighted by molar-refractivity contribution is 6.37. The zero-order chi connectivity index (χ0) is 8.27. The lowest BCUT2D eigenvalue weighted by Gasteiger charge is -1.98. The van der Waals surface area contributed by atoms with E-state index < -0.39 is 11.8 Å². The van der Waals surface area contributed by atoms with E-state index in [4.69, 9.17) is 0 Å². The van der Waals surface area contributed by atoms with Gasteiger partial charge in [-0.3, -0.25) is 15.0 Å². The fourth-order valence-electron chi connectivity index (χ4n) is 0.431. The molecule has 0 fully saturated rings. The van der Waals surface area contributed by atoms with Crippen LogP contribution in [0.1, 0.15) is 0 Å². The Morgan fingerprint density at radius 1 is 1.36 bits per heavy atom. The standard InChI is InChI=1S/C4H5N5O2/c5-3(10)4(11)8-9-1-6-7-2-9/h1-2H,(H2,5,10)(H,8,11). The van der Waals surface area contributed by atoms with E-state index in [9.17, 15) is 9.59 Å². The number of carbonyl (C=O) groups is 2. The van der Waals surface area contributed by atoms with Gasteiger partial charge in [0.1, 0.15) is 12.7 Å². The van der Waals surface area contributed by atoms with Crippen LogP contribution in [-0.2, 0) is 9.59 Å². The normalized spacial score (nSPS) is 9.09. The Bertz CT molecular complexity index is 266. The molecule has 1 rings (SSSR count). The first-order valence-electron chi connectivity index (χ1n) is 2.65. The van der Waals surface area contributed by atoms with Gasteiger partial charge in [-0.1, -0.05) is 0 Å². The van der Waals surface area contributed by atoms with E-state index >= 15 is 0 Å². The molecule has 1 aromatic heterocycles. The van der Waals surface area contributed by atoms with Crippen LogP contribution in [0.15, 0.2) is 12.7 Å². The second kappa shape index (κ2) is 2.78. The minimum atomic E-state index is -1.06. The molecule has 7 heteroatoms. The van der Waals surface area contributed by atoms with Crippen LogP contribution in [0.25, 0.3) is 0 Å². The summed E-state index contributed by atoms with van der Waals surface area (Å²) < 4.78 is 1.12. The molecule has 0 aliphatic heterocycles. The van der Waals surface area contributed by atoms with Crippen molar-refractivity contribution in [3.63, 3.8) is 0 Å². The van der Waals surface area contributed by atoms with E-state index in [1.165, 1.54) is 12.7 Å². The molecular weight excluding hydrogens is 150 g/mol. The van der Waals surface area contributed by atoms with E-state index in [1.807, 2.05) is 0 Å². The molecule has 1 heterocycles. The quantitative estimate of drug-likeness (QED) is 0.450. The van der Waals surface area contributed by atoms with Crippen LogP contribution in [0.5, 0.6) is 0 Å². The monoisotopic (exact) mass is 155 g/mol. The maximum atomic E-state index is 10.5. The smallest absolute Gasteiger partial charge is 0.327 e. The van der Waals surface area contributed by atoms with E-state index in [1.54, 1.807) is 0 Å². The second-order valence-electron chi connectivity index (χ2n) is 1.67. The first kappa shape index (κ1) is 7.19. The molecule has 0 saturated heterocycles. The molecule has 11 heavy (non-hydrogen) atoms. The predicted molar refractivity (Wildman–Crippen MR) is 33.6 cm³/mol. The lowest BCUT2D eigenvalue weighted by Crippen LogP contribution is -2.34. The van der Waals surface area contributed by atoms with Crippen molar-refractivity contribution < 1.29 is 9.59 Å². The third-order valence-electron chi connectivity index (χ3n) is 0.873. The summed E-state index contributed by atoms with van der Waals surface area (Å²) in [5.41, 5.74) is 6.75. The van der Waals surface area contributed by atoms with E-state index in [2.05, 4.69) is 21.4 Å². The number of hydrogen-bond donors (Lipinski definition) is 2. The van der Waals surface area contributed by atoms with Crippen molar-refractivity contribution in [1.82, 2.24) is 14.9 Å². The Kier molecular flexibility index (Phi) is 1.81. The highest BCUT2D eigenvalue weighted by Gasteiger charge is 2.07. The zero-order valence-corrected chi connectivity index (χ0v) is 5.39. The van der Waals surface area contributed by atoms with Crippen molar-refractivity contribution in [2.75, 3.05) is 5.43 Å². The van der Waals surface area contributed by atoms with Crippen molar-refractivity contribution in [3.05, 3.63) is 12.7 Å². The number of primary amides is 1. The zero-order valence-electron chi connectivity index (χ0n) is 5.39. The highest BCUT2D eigenvalue weighted by atomic mass is 16.2. The number of carbonyl (C=O) groups excluding carboxylic acids is 2. The molecule has 0 aromatic carbocycles. The van der Waals surface area contributed by atoms with Gasteiger partial charge in [-0.05, 0) is 0 Å². The number of nitrogens with one attached hydrogen (secondary N) is 1. The van der Waals surface area contributed by atoms with Gasteiger partial charge in [-0.15, -0.1) is 10.2 Å². The number of rotatable bonds is 1. The largest absolute Gasteiger partial charge is 0.361 e. The summed E-state index contributed by atoms with van der Waals surface area (Å²) in [6, 6.07) is 0. The fourth-order valence-corrected chi connectivity index (χ4v) is 0.431. The lowest BCUT2D eigenvalue weighted by molar-refractivity contribution is -0.134. The third kappa shape index (κ3) is 1.75. The molecule has 0 atom stereocenters. The van der Waals surface area contributed by atoms with Crippen molar-refractivity contribution >= 4 is 11.8 Å². The lowest BCUT2D eigenvalue weighted by atomic mass is 10.6. The molecule has 2 amide bonds. The molecular formula is C4H5N5O2. The van der Waals surface area contributed by atoms with Gasteiger partial charge >= 0.3 is 11.8 Å². The Hall–Kier alpha value is -1.92. The van der Waals surface area contributed by atoms with Gasteiger partial charge < -0.3 is 5.73 Å². The van der Waals surface area contributed by atoms with Gasteiger partial charge in [0.25, 0.3) is 0 Å². The van der Waals surface area contributed by atoms with Crippen LogP contribution in [0.3, 0.4) is 0 Å². The number of hydrogen-bond acceptors (Lipinski definition) is 4.